The lowest BCUT2D eigenvalue weighted by Crippen LogP contribution is -3.09. The maximum atomic E-state index is 13.9. The van der Waals surface area contributed by atoms with E-state index in [9.17, 15) is 14.0 Å². The lowest BCUT2D eigenvalue weighted by molar-refractivity contribution is -0.916. The highest BCUT2D eigenvalue weighted by Gasteiger charge is 2.30. The standard InChI is InChI=1S/C19H22FN3O3/c1-21-19(25)22-18(24)17(14-7-5-4-6-8-14)23(2)12-13-9-10-16(26-3)15(20)11-13/h4-11,17H,12H2,1-3H3,(H2,21,22,24,25)/p+1/t17-/m1/s1. The highest BCUT2D eigenvalue weighted by Crippen LogP contribution is 2.17. The molecule has 0 heterocycles. The molecule has 0 bridgehead atoms. The number of quaternary nitrogens is 1. The molecule has 0 aliphatic carbocycles. The van der Waals surface area contributed by atoms with Crippen LogP contribution in [0.1, 0.15) is 17.2 Å². The van der Waals surface area contributed by atoms with Crippen molar-refractivity contribution < 1.29 is 23.6 Å². The summed E-state index contributed by atoms with van der Waals surface area (Å²) in [5.74, 6) is -0.714. The quantitative estimate of drug-likeness (QED) is 0.721. The molecule has 0 fully saturated rings. The highest BCUT2D eigenvalue weighted by molar-refractivity contribution is 5.96. The Hall–Kier alpha value is -2.93. The number of halogens is 1. The SMILES string of the molecule is CNC(=O)NC(=O)[C@@H](c1ccccc1)[NH+](C)Cc1ccc(OC)c(F)c1. The summed E-state index contributed by atoms with van der Waals surface area (Å²) in [6, 6.07) is 12.7. The molecule has 0 spiro atoms. The van der Waals surface area contributed by atoms with Crippen LogP contribution in [0.15, 0.2) is 48.5 Å². The van der Waals surface area contributed by atoms with Crippen molar-refractivity contribution in [3.8, 4) is 5.75 Å². The van der Waals surface area contributed by atoms with E-state index in [2.05, 4.69) is 10.6 Å². The fourth-order valence-electron chi connectivity index (χ4n) is 2.80. The van der Waals surface area contributed by atoms with Crippen LogP contribution in [-0.4, -0.2) is 33.1 Å². The van der Waals surface area contributed by atoms with Crippen LogP contribution in [0.5, 0.6) is 5.75 Å². The minimum Gasteiger partial charge on any atom is -0.494 e. The van der Waals surface area contributed by atoms with Crippen molar-refractivity contribution in [1.82, 2.24) is 10.6 Å². The summed E-state index contributed by atoms with van der Waals surface area (Å²) in [4.78, 5) is 25.0. The monoisotopic (exact) mass is 360 g/mol. The molecule has 7 heteroatoms. The van der Waals surface area contributed by atoms with Crippen molar-refractivity contribution in [3.63, 3.8) is 0 Å². The Balaban J connectivity index is 2.25. The summed E-state index contributed by atoms with van der Waals surface area (Å²) in [6.45, 7) is 0.391. The zero-order chi connectivity index (χ0) is 19.1. The summed E-state index contributed by atoms with van der Waals surface area (Å²) >= 11 is 0. The zero-order valence-electron chi connectivity index (χ0n) is 15.0. The van der Waals surface area contributed by atoms with E-state index in [0.717, 1.165) is 16.0 Å². The van der Waals surface area contributed by atoms with Gasteiger partial charge in [-0.1, -0.05) is 30.3 Å². The first kappa shape index (κ1) is 19.4. The summed E-state index contributed by atoms with van der Waals surface area (Å²) in [7, 11) is 4.67. The molecule has 0 aliphatic rings. The van der Waals surface area contributed by atoms with Crippen molar-refractivity contribution in [2.75, 3.05) is 21.2 Å². The Morgan fingerprint density at radius 3 is 2.46 bits per heavy atom. The van der Waals surface area contributed by atoms with Crippen molar-refractivity contribution in [2.45, 2.75) is 12.6 Å². The van der Waals surface area contributed by atoms with Crippen LogP contribution in [-0.2, 0) is 11.3 Å². The fraction of sp³-hybridized carbons (Fsp3) is 0.263. The van der Waals surface area contributed by atoms with Gasteiger partial charge in [0.1, 0.15) is 6.54 Å². The largest absolute Gasteiger partial charge is 0.494 e. The third-order valence-electron chi connectivity index (χ3n) is 4.05. The summed E-state index contributed by atoms with van der Waals surface area (Å²) in [5, 5.41) is 4.69. The van der Waals surface area contributed by atoms with Gasteiger partial charge in [-0.3, -0.25) is 10.1 Å². The third kappa shape index (κ3) is 4.80. The first-order chi connectivity index (χ1) is 12.5. The smallest absolute Gasteiger partial charge is 0.321 e. The van der Waals surface area contributed by atoms with E-state index >= 15 is 0 Å². The number of benzene rings is 2. The van der Waals surface area contributed by atoms with Crippen LogP contribution in [0, 0.1) is 5.82 Å². The molecule has 1 unspecified atom stereocenters. The molecular weight excluding hydrogens is 337 g/mol. The van der Waals surface area contributed by atoms with Gasteiger partial charge in [-0.2, -0.15) is 0 Å². The summed E-state index contributed by atoms with van der Waals surface area (Å²) in [5.41, 5.74) is 1.48. The fourth-order valence-corrected chi connectivity index (χ4v) is 2.80. The number of methoxy groups -OCH3 is 1. The van der Waals surface area contributed by atoms with Gasteiger partial charge in [-0.15, -0.1) is 0 Å². The number of hydrogen-bond acceptors (Lipinski definition) is 3. The first-order valence-electron chi connectivity index (χ1n) is 8.18. The molecule has 0 saturated carbocycles. The minimum atomic E-state index is -0.626. The number of likely N-dealkylation sites (N-methyl/N-ethyl adjacent to an activating group) is 1. The Kier molecular flexibility index (Phi) is 6.68. The lowest BCUT2D eigenvalue weighted by atomic mass is 10.0. The molecule has 2 atom stereocenters. The van der Waals surface area contributed by atoms with Gasteiger partial charge in [0.25, 0.3) is 5.91 Å². The van der Waals surface area contributed by atoms with E-state index in [-0.39, 0.29) is 5.75 Å². The molecule has 2 rings (SSSR count). The summed E-state index contributed by atoms with van der Waals surface area (Å²) < 4.78 is 18.9. The van der Waals surface area contributed by atoms with Gasteiger partial charge < -0.3 is 15.0 Å². The highest BCUT2D eigenvalue weighted by atomic mass is 19.1. The van der Waals surface area contributed by atoms with Crippen LogP contribution in [0.25, 0.3) is 0 Å². The lowest BCUT2D eigenvalue weighted by Gasteiger charge is -2.24. The maximum Gasteiger partial charge on any atom is 0.321 e. The van der Waals surface area contributed by atoms with Gasteiger partial charge in [-0.25, -0.2) is 9.18 Å². The molecule has 6 nitrogen and oxygen atoms in total. The minimum absolute atomic E-state index is 0.170. The van der Waals surface area contributed by atoms with Gasteiger partial charge in [0.2, 0.25) is 0 Å². The van der Waals surface area contributed by atoms with E-state index in [1.807, 2.05) is 37.4 Å². The second-order valence-electron chi connectivity index (χ2n) is 5.90. The van der Waals surface area contributed by atoms with Crippen molar-refractivity contribution in [3.05, 3.63) is 65.5 Å². The number of amides is 3. The molecule has 0 saturated heterocycles. The third-order valence-corrected chi connectivity index (χ3v) is 4.05. The molecule has 138 valence electrons. The number of nitrogens with one attached hydrogen (secondary N) is 3. The number of ether oxygens (including phenoxy) is 1. The number of hydrogen-bond donors (Lipinski definition) is 3. The zero-order valence-corrected chi connectivity index (χ0v) is 15.0. The molecule has 3 N–H and O–H groups in total. The predicted octanol–water partition coefficient (Wildman–Crippen LogP) is 1.05. The van der Waals surface area contributed by atoms with Gasteiger partial charge in [-0.05, 0) is 18.2 Å². The average molecular weight is 360 g/mol. The second-order valence-corrected chi connectivity index (χ2v) is 5.90. The van der Waals surface area contributed by atoms with Crippen LogP contribution in [0.2, 0.25) is 0 Å². The van der Waals surface area contributed by atoms with Crippen molar-refractivity contribution in [1.29, 1.82) is 0 Å². The van der Waals surface area contributed by atoms with Gasteiger partial charge >= 0.3 is 6.03 Å². The average Bonchev–Trinajstić information content (AvgIpc) is 2.62. The molecule has 26 heavy (non-hydrogen) atoms. The first-order valence-corrected chi connectivity index (χ1v) is 8.18. The topological polar surface area (TPSA) is 71.9 Å². The van der Waals surface area contributed by atoms with Crippen LogP contribution < -0.4 is 20.3 Å². The molecule has 3 amide bonds. The Morgan fingerprint density at radius 1 is 1.19 bits per heavy atom. The number of carbonyl (C=O) groups excluding carboxylic acids is 2. The number of urea groups is 1. The molecular formula is C19H23FN3O3+. The Morgan fingerprint density at radius 2 is 1.88 bits per heavy atom. The van der Waals surface area contributed by atoms with Gasteiger partial charge in [0, 0.05) is 18.2 Å². The Labute approximate surface area is 152 Å². The number of carbonyl (C=O) groups is 2. The van der Waals surface area contributed by atoms with E-state index in [1.165, 1.54) is 20.2 Å². The molecule has 2 aromatic carbocycles. The van der Waals surface area contributed by atoms with Crippen molar-refractivity contribution >= 4 is 11.9 Å². The number of rotatable bonds is 6. The molecule has 0 aromatic heterocycles. The number of imide groups is 1. The van der Waals surface area contributed by atoms with E-state index < -0.39 is 23.8 Å². The van der Waals surface area contributed by atoms with E-state index in [0.29, 0.717) is 6.54 Å². The van der Waals surface area contributed by atoms with Crippen molar-refractivity contribution in [2.24, 2.45) is 0 Å². The van der Waals surface area contributed by atoms with Gasteiger partial charge in [0.05, 0.1) is 14.2 Å². The molecule has 0 radical (unpaired) electrons. The van der Waals surface area contributed by atoms with Crippen LogP contribution in [0.3, 0.4) is 0 Å². The second kappa shape index (κ2) is 8.96. The Bertz CT molecular complexity index is 768. The predicted molar refractivity (Wildman–Crippen MR) is 95.3 cm³/mol. The van der Waals surface area contributed by atoms with Crippen LogP contribution >= 0.6 is 0 Å². The van der Waals surface area contributed by atoms with Crippen LogP contribution in [0.4, 0.5) is 9.18 Å². The maximum absolute atomic E-state index is 13.9. The summed E-state index contributed by atoms with van der Waals surface area (Å²) in [6.07, 6.45) is 0. The normalized spacial score (nSPS) is 12.8. The van der Waals surface area contributed by atoms with E-state index in [4.69, 9.17) is 4.74 Å². The van der Waals surface area contributed by atoms with E-state index in [1.54, 1.807) is 12.1 Å². The molecule has 0 aliphatic heterocycles. The van der Waals surface area contributed by atoms with Gasteiger partial charge in [0.15, 0.2) is 17.6 Å². The molecule has 2 aromatic rings.